The van der Waals surface area contributed by atoms with Crippen LogP contribution in [0.5, 0.6) is 5.75 Å². The molecule has 0 spiro atoms. The summed E-state index contributed by atoms with van der Waals surface area (Å²) >= 11 is 6.08. The number of nitrogens with zero attached hydrogens (tertiary/aromatic N) is 4. The van der Waals surface area contributed by atoms with Crippen LogP contribution in [0.3, 0.4) is 0 Å². The van der Waals surface area contributed by atoms with Gasteiger partial charge in [0.1, 0.15) is 5.75 Å². The van der Waals surface area contributed by atoms with Crippen molar-refractivity contribution in [1.29, 1.82) is 0 Å². The minimum absolute atomic E-state index is 0.0111. The molecule has 5 rings (SSSR count). The van der Waals surface area contributed by atoms with Crippen molar-refractivity contribution < 1.29 is 19.4 Å². The Kier molecular flexibility index (Phi) is 7.24. The number of ether oxygens (including phenoxy) is 1. The number of aliphatic hydroxyl groups excluding tert-OH is 1. The van der Waals surface area contributed by atoms with E-state index in [0.29, 0.717) is 29.5 Å². The first kappa shape index (κ1) is 25.6. The summed E-state index contributed by atoms with van der Waals surface area (Å²) in [6.45, 7) is 0.144. The van der Waals surface area contributed by atoms with Crippen LogP contribution in [0, 0.1) is 0 Å². The van der Waals surface area contributed by atoms with Gasteiger partial charge in [0.2, 0.25) is 5.78 Å². The minimum Gasteiger partial charge on any atom is -0.485 e. The Morgan fingerprint density at radius 2 is 1.97 bits per heavy atom. The van der Waals surface area contributed by atoms with E-state index >= 15 is 0 Å². The number of hydrogen-bond donors (Lipinski definition) is 2. The molecule has 38 heavy (non-hydrogen) atoms. The van der Waals surface area contributed by atoms with Crippen molar-refractivity contribution in [1.82, 2.24) is 4.57 Å². The van der Waals surface area contributed by atoms with Gasteiger partial charge < -0.3 is 20.1 Å². The van der Waals surface area contributed by atoms with Gasteiger partial charge in [-0.3, -0.25) is 9.59 Å². The largest absolute Gasteiger partial charge is 0.485 e. The van der Waals surface area contributed by atoms with Crippen molar-refractivity contribution in [3.8, 4) is 5.75 Å². The third-order valence-electron chi connectivity index (χ3n) is 6.84. The first-order chi connectivity index (χ1) is 18.3. The number of benzene rings is 3. The summed E-state index contributed by atoms with van der Waals surface area (Å²) in [5.41, 5.74) is 16.9. The second kappa shape index (κ2) is 10.8. The zero-order valence-corrected chi connectivity index (χ0v) is 21.3. The number of carbonyl (C=O) groups excluding carboxylic acids is 2. The Morgan fingerprint density at radius 1 is 1.16 bits per heavy atom. The predicted molar refractivity (Wildman–Crippen MR) is 146 cm³/mol. The van der Waals surface area contributed by atoms with Crippen LogP contribution in [-0.2, 0) is 6.54 Å². The lowest BCUT2D eigenvalue weighted by Crippen LogP contribution is -2.16. The molecule has 1 fully saturated rings. The molecule has 9 nitrogen and oxygen atoms in total. The Morgan fingerprint density at radius 3 is 2.71 bits per heavy atom. The predicted octanol–water partition coefficient (Wildman–Crippen LogP) is 5.75. The number of amides is 1. The van der Waals surface area contributed by atoms with Crippen LogP contribution in [0.2, 0.25) is 5.02 Å². The fourth-order valence-electron chi connectivity index (χ4n) is 4.68. The van der Waals surface area contributed by atoms with Crippen molar-refractivity contribution >= 4 is 45.0 Å². The molecule has 0 bridgehead atoms. The van der Waals surface area contributed by atoms with Gasteiger partial charge in [-0.15, -0.1) is 0 Å². The van der Waals surface area contributed by atoms with E-state index in [9.17, 15) is 14.7 Å². The SMILES string of the molecule is [N-]=[N+]=NC[C@H](O)CCn1cc(C(=O)COc2cc3ccc(Cl)cc3cc2C(N)=O)c2ccc(C3CC3)cc21. The summed E-state index contributed by atoms with van der Waals surface area (Å²) in [7, 11) is 0. The molecule has 4 aromatic rings. The maximum atomic E-state index is 13.4. The van der Waals surface area contributed by atoms with Gasteiger partial charge in [-0.2, -0.15) is 0 Å². The Bertz CT molecular complexity index is 1600. The average molecular weight is 532 g/mol. The van der Waals surface area contributed by atoms with Crippen molar-refractivity contribution in [3.05, 3.63) is 86.9 Å². The smallest absolute Gasteiger partial charge is 0.252 e. The van der Waals surface area contributed by atoms with Gasteiger partial charge in [0.25, 0.3) is 5.91 Å². The van der Waals surface area contributed by atoms with Gasteiger partial charge in [-0.05, 0) is 77.4 Å². The molecule has 10 heteroatoms. The number of nitrogens with two attached hydrogens (primary N) is 1. The summed E-state index contributed by atoms with van der Waals surface area (Å²) in [4.78, 5) is 28.2. The van der Waals surface area contributed by atoms with Crippen LogP contribution in [0.1, 0.15) is 51.5 Å². The molecule has 3 aromatic carbocycles. The number of fused-ring (bicyclic) bond motifs is 2. The molecule has 0 saturated heterocycles. The minimum atomic E-state index is -0.785. The molecule has 1 amide bonds. The highest BCUT2D eigenvalue weighted by molar-refractivity contribution is 6.31. The number of hydrogen-bond acceptors (Lipinski definition) is 5. The third-order valence-corrected chi connectivity index (χ3v) is 7.07. The average Bonchev–Trinajstić information content (AvgIpc) is 3.70. The lowest BCUT2D eigenvalue weighted by molar-refractivity contribution is 0.0913. The molecular weight excluding hydrogens is 506 g/mol. The molecule has 0 aliphatic heterocycles. The van der Waals surface area contributed by atoms with Crippen LogP contribution in [0.4, 0.5) is 0 Å². The quantitative estimate of drug-likeness (QED) is 0.110. The van der Waals surface area contributed by atoms with Crippen LogP contribution >= 0.6 is 11.6 Å². The molecule has 1 aromatic heterocycles. The molecule has 1 heterocycles. The number of halogens is 1. The number of ketones is 1. The van der Waals surface area contributed by atoms with Crippen molar-refractivity contribution in [2.75, 3.05) is 13.2 Å². The summed E-state index contributed by atoms with van der Waals surface area (Å²) in [5.74, 6) is -0.163. The van der Waals surface area contributed by atoms with Crippen molar-refractivity contribution in [2.45, 2.75) is 37.8 Å². The van der Waals surface area contributed by atoms with E-state index in [0.717, 1.165) is 34.5 Å². The number of azide groups is 1. The van der Waals surface area contributed by atoms with Crippen LogP contribution < -0.4 is 10.5 Å². The molecule has 1 aliphatic carbocycles. The summed E-state index contributed by atoms with van der Waals surface area (Å²) in [6.07, 6.45) is 3.65. The van der Waals surface area contributed by atoms with Gasteiger partial charge in [0, 0.05) is 39.1 Å². The molecule has 1 atom stereocenters. The second-order valence-electron chi connectivity index (χ2n) is 9.56. The molecule has 1 aliphatic rings. The van der Waals surface area contributed by atoms with Gasteiger partial charge >= 0.3 is 0 Å². The highest BCUT2D eigenvalue weighted by Gasteiger charge is 2.25. The molecule has 3 N–H and O–H groups in total. The fraction of sp³-hybridized carbons (Fsp3) is 0.286. The van der Waals surface area contributed by atoms with E-state index in [4.69, 9.17) is 27.6 Å². The number of aryl methyl sites for hydroxylation is 1. The molecular formula is C28H26ClN5O4. The first-order valence-corrected chi connectivity index (χ1v) is 12.7. The normalized spacial score (nSPS) is 13.8. The molecule has 0 radical (unpaired) electrons. The standard InChI is InChI=1S/C28H26ClN5O4/c29-20-5-3-18-12-27(23(28(30)37)10-19(18)9-20)38-15-26(36)24-14-34(8-7-21(35)13-32-33-31)25-11-17(16-1-2-16)4-6-22(24)25/h3-6,9-12,14,16,21,35H,1-2,7-8,13,15H2,(H2,30,37)/t21-/m1/s1. The van der Waals surface area contributed by atoms with Gasteiger partial charge in [-0.1, -0.05) is 34.9 Å². The van der Waals surface area contributed by atoms with Crippen LogP contribution in [-0.4, -0.2) is 40.6 Å². The molecule has 1 saturated carbocycles. The number of primary amides is 1. The zero-order valence-electron chi connectivity index (χ0n) is 20.5. The topological polar surface area (TPSA) is 143 Å². The van der Waals surface area contributed by atoms with E-state index in [-0.39, 0.29) is 30.2 Å². The Labute approximate surface area is 223 Å². The lowest BCUT2D eigenvalue weighted by Gasteiger charge is -2.11. The summed E-state index contributed by atoms with van der Waals surface area (Å²) in [6, 6.07) is 14.7. The van der Waals surface area contributed by atoms with E-state index in [1.165, 1.54) is 5.56 Å². The first-order valence-electron chi connectivity index (χ1n) is 12.3. The Hall–Kier alpha value is -4.04. The van der Waals surface area contributed by atoms with Crippen LogP contribution in [0.25, 0.3) is 32.1 Å². The molecule has 0 unspecified atom stereocenters. The van der Waals surface area contributed by atoms with Gasteiger partial charge in [0.05, 0.1) is 18.2 Å². The number of carbonyl (C=O) groups is 2. The number of Topliss-reactive ketones (excluding diaryl/α,β-unsaturated/α-hetero) is 1. The van der Waals surface area contributed by atoms with Crippen LogP contribution in [0.15, 0.2) is 59.8 Å². The van der Waals surface area contributed by atoms with E-state index in [2.05, 4.69) is 22.2 Å². The third kappa shape index (κ3) is 5.45. The number of aromatic nitrogens is 1. The summed E-state index contributed by atoms with van der Waals surface area (Å²) < 4.78 is 7.79. The second-order valence-corrected chi connectivity index (χ2v) is 10.00. The lowest BCUT2D eigenvalue weighted by atomic mass is 10.0. The Balaban J connectivity index is 1.42. The monoisotopic (exact) mass is 531 g/mol. The summed E-state index contributed by atoms with van der Waals surface area (Å²) in [5, 5.41) is 16.4. The van der Waals surface area contributed by atoms with Gasteiger partial charge in [0.15, 0.2) is 6.61 Å². The van der Waals surface area contributed by atoms with E-state index < -0.39 is 12.0 Å². The zero-order chi connectivity index (χ0) is 26.8. The van der Waals surface area contributed by atoms with E-state index in [1.807, 2.05) is 10.6 Å². The molecule has 194 valence electrons. The highest BCUT2D eigenvalue weighted by atomic mass is 35.5. The fourth-order valence-corrected chi connectivity index (χ4v) is 4.86. The van der Waals surface area contributed by atoms with Gasteiger partial charge in [-0.25, -0.2) is 0 Å². The maximum absolute atomic E-state index is 13.4. The van der Waals surface area contributed by atoms with E-state index in [1.54, 1.807) is 36.5 Å². The van der Waals surface area contributed by atoms with Crippen molar-refractivity contribution in [3.63, 3.8) is 0 Å². The van der Waals surface area contributed by atoms with Crippen molar-refractivity contribution in [2.24, 2.45) is 10.8 Å². The number of aliphatic hydroxyl groups is 1. The number of rotatable bonds is 11. The maximum Gasteiger partial charge on any atom is 0.252 e. The highest BCUT2D eigenvalue weighted by Crippen LogP contribution is 2.41.